The number of ether oxygens (including phenoxy) is 2. The van der Waals surface area contributed by atoms with Crippen LogP contribution in [0, 0.1) is 0 Å². The quantitative estimate of drug-likeness (QED) is 0.177. The zero-order chi connectivity index (χ0) is 32.3. The first-order valence-electron chi connectivity index (χ1n) is 14.7. The van der Waals surface area contributed by atoms with Crippen molar-refractivity contribution in [2.24, 2.45) is 0 Å². The van der Waals surface area contributed by atoms with E-state index in [2.05, 4.69) is 25.9 Å². The Hall–Kier alpha value is -5.17. The molecule has 5 aromatic rings. The molecule has 0 unspecified atom stereocenters. The van der Waals surface area contributed by atoms with Crippen LogP contribution < -0.4 is 25.4 Å². The fraction of sp³-hybridized carbons (Fsp3) is 0.273. The minimum atomic E-state index is -4.55. The van der Waals surface area contributed by atoms with E-state index >= 15 is 0 Å². The molecular weight excluding hydrogens is 599 g/mol. The number of nitrogens with one attached hydrogen (secondary N) is 3. The SMILES string of the molecule is COc1ccc(CNc2nccc3c([C@@H]4CCCNC4)nn(-c4ccc(C(=O)Nc5cc(C(F)(F)F)ccn5)cc4)c23)c(OC)c1. The monoisotopic (exact) mass is 631 g/mol. The molecule has 0 spiro atoms. The maximum atomic E-state index is 13.1. The highest BCUT2D eigenvalue weighted by atomic mass is 19.4. The number of hydrogen-bond acceptors (Lipinski definition) is 8. The molecular formula is C33H32F3N7O3. The third-order valence-corrected chi connectivity index (χ3v) is 7.95. The molecule has 3 N–H and O–H groups in total. The summed E-state index contributed by atoms with van der Waals surface area (Å²) in [4.78, 5) is 21.4. The third-order valence-electron chi connectivity index (χ3n) is 7.95. The lowest BCUT2D eigenvalue weighted by molar-refractivity contribution is -0.137. The van der Waals surface area contributed by atoms with Crippen LogP contribution in [0.3, 0.4) is 0 Å². The highest BCUT2D eigenvalue weighted by Gasteiger charge is 2.31. The molecule has 238 valence electrons. The normalized spacial score (nSPS) is 15.0. The van der Waals surface area contributed by atoms with Gasteiger partial charge in [0.2, 0.25) is 0 Å². The smallest absolute Gasteiger partial charge is 0.416 e. The van der Waals surface area contributed by atoms with Gasteiger partial charge in [0.25, 0.3) is 5.91 Å². The molecule has 6 rings (SSSR count). The predicted molar refractivity (Wildman–Crippen MR) is 168 cm³/mol. The van der Waals surface area contributed by atoms with E-state index in [0.717, 1.165) is 66.4 Å². The Bertz CT molecular complexity index is 1850. The van der Waals surface area contributed by atoms with Crippen molar-refractivity contribution in [1.29, 1.82) is 0 Å². The number of piperidine rings is 1. The molecule has 1 aliphatic heterocycles. The first kappa shape index (κ1) is 30.8. The van der Waals surface area contributed by atoms with E-state index in [9.17, 15) is 18.0 Å². The molecule has 3 aromatic heterocycles. The van der Waals surface area contributed by atoms with Crippen LogP contribution >= 0.6 is 0 Å². The van der Waals surface area contributed by atoms with Crippen LogP contribution in [0.2, 0.25) is 0 Å². The number of amides is 1. The molecule has 13 heteroatoms. The van der Waals surface area contributed by atoms with Gasteiger partial charge in [0.15, 0.2) is 5.82 Å². The zero-order valence-electron chi connectivity index (χ0n) is 25.2. The van der Waals surface area contributed by atoms with Gasteiger partial charge in [0.1, 0.15) is 22.8 Å². The van der Waals surface area contributed by atoms with Gasteiger partial charge in [0.05, 0.1) is 31.2 Å². The van der Waals surface area contributed by atoms with Crippen molar-refractivity contribution in [2.75, 3.05) is 37.9 Å². The summed E-state index contributed by atoms with van der Waals surface area (Å²) >= 11 is 0. The van der Waals surface area contributed by atoms with E-state index in [1.165, 1.54) is 0 Å². The van der Waals surface area contributed by atoms with Crippen molar-refractivity contribution >= 4 is 28.4 Å². The minimum absolute atomic E-state index is 0.192. The molecule has 4 heterocycles. The number of fused-ring (bicyclic) bond motifs is 1. The number of alkyl halides is 3. The van der Waals surface area contributed by atoms with Gasteiger partial charge in [-0.15, -0.1) is 0 Å². The second-order valence-electron chi connectivity index (χ2n) is 10.9. The number of methoxy groups -OCH3 is 2. The Labute approximate surface area is 263 Å². The Morgan fingerprint density at radius 1 is 1.02 bits per heavy atom. The highest BCUT2D eigenvalue weighted by molar-refractivity contribution is 6.04. The summed E-state index contributed by atoms with van der Waals surface area (Å²) in [5.41, 5.74) is 2.68. The first-order valence-corrected chi connectivity index (χ1v) is 14.7. The molecule has 0 bridgehead atoms. The molecule has 0 radical (unpaired) electrons. The van der Waals surface area contributed by atoms with Gasteiger partial charge in [-0.1, -0.05) is 0 Å². The summed E-state index contributed by atoms with van der Waals surface area (Å²) in [6.07, 6.45) is 0.254. The summed E-state index contributed by atoms with van der Waals surface area (Å²) in [6, 6.07) is 15.9. The second kappa shape index (κ2) is 13.1. The van der Waals surface area contributed by atoms with Gasteiger partial charge >= 0.3 is 6.18 Å². The number of hydrogen-bond donors (Lipinski definition) is 3. The summed E-state index contributed by atoms with van der Waals surface area (Å²) in [6.45, 7) is 2.20. The Kier molecular flexibility index (Phi) is 8.75. The van der Waals surface area contributed by atoms with Crippen molar-refractivity contribution in [3.63, 3.8) is 0 Å². The molecule has 2 aromatic carbocycles. The average Bonchev–Trinajstić information content (AvgIpc) is 3.48. The predicted octanol–water partition coefficient (Wildman–Crippen LogP) is 6.18. The summed E-state index contributed by atoms with van der Waals surface area (Å²) in [5.74, 6) is 1.41. The van der Waals surface area contributed by atoms with E-state index in [1.807, 2.05) is 28.9 Å². The Morgan fingerprint density at radius 3 is 2.54 bits per heavy atom. The van der Waals surface area contributed by atoms with Gasteiger partial charge in [-0.25, -0.2) is 14.6 Å². The molecule has 0 aliphatic carbocycles. The van der Waals surface area contributed by atoms with Gasteiger partial charge in [0, 0.05) is 54.0 Å². The number of carbonyl (C=O) groups excluding carboxylic acids is 1. The fourth-order valence-corrected chi connectivity index (χ4v) is 5.58. The second-order valence-corrected chi connectivity index (χ2v) is 10.9. The minimum Gasteiger partial charge on any atom is -0.497 e. The van der Waals surface area contributed by atoms with Crippen molar-refractivity contribution < 1.29 is 27.4 Å². The standard InChI is InChI=1S/C33H32F3N7O3/c1-45-25-10-7-21(27(17-25)46-2)19-40-31-30-26(12-15-39-31)29(22-4-3-13-37-18-22)42-43(30)24-8-5-20(6-9-24)32(44)41-28-16-23(11-14-38-28)33(34,35)36/h5-12,14-17,22,37H,3-4,13,18-19H2,1-2H3,(H,39,40)(H,38,41,44)/t22-/m1/s1. The highest BCUT2D eigenvalue weighted by Crippen LogP contribution is 2.35. The molecule has 1 fully saturated rings. The number of benzene rings is 2. The first-order chi connectivity index (χ1) is 22.2. The van der Waals surface area contributed by atoms with E-state index in [0.29, 0.717) is 29.5 Å². The number of aromatic nitrogens is 4. The van der Waals surface area contributed by atoms with E-state index in [-0.39, 0.29) is 17.3 Å². The Morgan fingerprint density at radius 2 is 1.83 bits per heavy atom. The van der Waals surface area contributed by atoms with Gasteiger partial charge in [-0.05, 0) is 74.0 Å². The zero-order valence-corrected chi connectivity index (χ0v) is 25.2. The fourth-order valence-electron chi connectivity index (χ4n) is 5.58. The largest absolute Gasteiger partial charge is 0.497 e. The van der Waals surface area contributed by atoms with Crippen molar-refractivity contribution in [2.45, 2.75) is 31.5 Å². The molecule has 0 saturated carbocycles. The van der Waals surface area contributed by atoms with Gasteiger partial charge in [-0.2, -0.15) is 18.3 Å². The molecule has 1 aliphatic rings. The van der Waals surface area contributed by atoms with Crippen molar-refractivity contribution in [1.82, 2.24) is 25.1 Å². The lowest BCUT2D eigenvalue weighted by Gasteiger charge is -2.21. The lowest BCUT2D eigenvalue weighted by Crippen LogP contribution is -2.28. The van der Waals surface area contributed by atoms with Crippen LogP contribution in [0.25, 0.3) is 16.6 Å². The number of rotatable bonds is 9. The lowest BCUT2D eigenvalue weighted by atomic mass is 9.94. The van der Waals surface area contributed by atoms with Gasteiger partial charge < -0.3 is 25.4 Å². The van der Waals surface area contributed by atoms with Gasteiger partial charge in [-0.3, -0.25) is 4.79 Å². The van der Waals surface area contributed by atoms with E-state index in [4.69, 9.17) is 14.6 Å². The molecule has 1 atom stereocenters. The van der Waals surface area contributed by atoms with Crippen LogP contribution in [-0.4, -0.2) is 53.0 Å². The number of pyridine rings is 2. The topological polar surface area (TPSA) is 115 Å². The molecule has 1 amide bonds. The average molecular weight is 632 g/mol. The van der Waals surface area contributed by atoms with E-state index < -0.39 is 17.6 Å². The third kappa shape index (κ3) is 6.45. The maximum Gasteiger partial charge on any atom is 0.416 e. The number of carbonyl (C=O) groups is 1. The number of anilines is 2. The molecule has 46 heavy (non-hydrogen) atoms. The molecule has 10 nitrogen and oxygen atoms in total. The summed E-state index contributed by atoms with van der Waals surface area (Å²) < 4.78 is 52.1. The molecule has 1 saturated heterocycles. The van der Waals surface area contributed by atoms with Crippen molar-refractivity contribution in [3.8, 4) is 17.2 Å². The van der Waals surface area contributed by atoms with Crippen LogP contribution in [0.5, 0.6) is 11.5 Å². The van der Waals surface area contributed by atoms with E-state index in [1.54, 1.807) is 44.7 Å². The maximum absolute atomic E-state index is 13.1. The number of nitrogens with zero attached hydrogens (tertiary/aromatic N) is 4. The number of halogens is 3. The van der Waals surface area contributed by atoms with Crippen LogP contribution in [-0.2, 0) is 12.7 Å². The Balaban J connectivity index is 1.32. The summed E-state index contributed by atoms with van der Waals surface area (Å²) in [7, 11) is 3.21. The van der Waals surface area contributed by atoms with Crippen LogP contribution in [0.1, 0.15) is 45.9 Å². The van der Waals surface area contributed by atoms with Crippen LogP contribution in [0.15, 0.2) is 73.1 Å². The van der Waals surface area contributed by atoms with Crippen LogP contribution in [0.4, 0.5) is 24.8 Å². The van der Waals surface area contributed by atoms with Crippen molar-refractivity contribution in [3.05, 3.63) is 95.4 Å². The summed E-state index contributed by atoms with van der Waals surface area (Å²) in [5, 5.41) is 15.4.